The van der Waals surface area contributed by atoms with Gasteiger partial charge in [-0.25, -0.2) is 0 Å². The van der Waals surface area contributed by atoms with E-state index in [4.69, 9.17) is 0 Å². The Labute approximate surface area is 157 Å². The van der Waals surface area contributed by atoms with Gasteiger partial charge in [0, 0.05) is 19.3 Å². The van der Waals surface area contributed by atoms with Gasteiger partial charge in [-0.3, -0.25) is 9.56 Å². The van der Waals surface area contributed by atoms with Crippen molar-refractivity contribution in [3.63, 3.8) is 0 Å². The number of nitrogens with one attached hydrogen (secondary N) is 2. The number of unbranched alkanes of at least 4 members (excludes halogenated alkanes) is 2. The molecule has 1 aromatic carbocycles. The van der Waals surface area contributed by atoms with Crippen molar-refractivity contribution < 1.29 is 0 Å². The van der Waals surface area contributed by atoms with Gasteiger partial charge in [0.1, 0.15) is 6.33 Å². The van der Waals surface area contributed by atoms with Crippen LogP contribution >= 0.6 is 0 Å². The highest BCUT2D eigenvalue weighted by molar-refractivity contribution is 5.79. The molecule has 0 spiro atoms. The van der Waals surface area contributed by atoms with Gasteiger partial charge in [0.05, 0.1) is 6.54 Å². The van der Waals surface area contributed by atoms with Crippen LogP contribution in [0, 0.1) is 5.41 Å². The summed E-state index contributed by atoms with van der Waals surface area (Å²) < 4.78 is 1.98. The van der Waals surface area contributed by atoms with Gasteiger partial charge >= 0.3 is 0 Å². The quantitative estimate of drug-likeness (QED) is 0.410. The Kier molecular flexibility index (Phi) is 7.63. The van der Waals surface area contributed by atoms with E-state index in [1.165, 1.54) is 25.7 Å². The van der Waals surface area contributed by atoms with Crippen LogP contribution < -0.4 is 10.6 Å². The highest BCUT2D eigenvalue weighted by Gasteiger charge is 2.17. The zero-order valence-electron chi connectivity index (χ0n) is 16.5. The van der Waals surface area contributed by atoms with Crippen molar-refractivity contribution in [2.24, 2.45) is 10.4 Å². The number of aliphatic imine (C=N–C) groups is 1. The molecular formula is C20H32N6. The van der Waals surface area contributed by atoms with E-state index < -0.39 is 0 Å². The summed E-state index contributed by atoms with van der Waals surface area (Å²) in [6.07, 6.45) is 6.78. The first-order valence-corrected chi connectivity index (χ1v) is 9.44. The number of aromatic nitrogens is 3. The average Bonchev–Trinajstić information content (AvgIpc) is 3.11. The number of guanidine groups is 1. The number of para-hydroxylation sites is 1. The number of benzene rings is 1. The van der Waals surface area contributed by atoms with Gasteiger partial charge in [-0.2, -0.15) is 0 Å². The van der Waals surface area contributed by atoms with Crippen molar-refractivity contribution >= 4 is 5.96 Å². The first-order chi connectivity index (χ1) is 12.6. The first kappa shape index (κ1) is 19.9. The van der Waals surface area contributed by atoms with E-state index in [-0.39, 0.29) is 5.41 Å². The van der Waals surface area contributed by atoms with Gasteiger partial charge in [0.15, 0.2) is 11.8 Å². The lowest BCUT2D eigenvalue weighted by atomic mass is 9.87. The van der Waals surface area contributed by atoms with Crippen LogP contribution in [-0.2, 0) is 6.54 Å². The zero-order valence-corrected chi connectivity index (χ0v) is 16.5. The average molecular weight is 357 g/mol. The molecule has 0 aliphatic rings. The second-order valence-corrected chi connectivity index (χ2v) is 7.35. The molecule has 2 N–H and O–H groups in total. The Balaban J connectivity index is 1.87. The van der Waals surface area contributed by atoms with Crippen molar-refractivity contribution in [2.75, 3.05) is 13.6 Å². The van der Waals surface area contributed by atoms with Crippen LogP contribution in [0.2, 0.25) is 0 Å². The highest BCUT2D eigenvalue weighted by atomic mass is 15.3. The molecule has 0 aliphatic carbocycles. The largest absolute Gasteiger partial charge is 0.356 e. The molecule has 0 saturated carbocycles. The lowest BCUT2D eigenvalue weighted by molar-refractivity contribution is 0.318. The number of rotatable bonds is 9. The molecule has 0 bridgehead atoms. The maximum atomic E-state index is 4.33. The third kappa shape index (κ3) is 6.17. The lowest BCUT2D eigenvalue weighted by Crippen LogP contribution is -2.42. The Morgan fingerprint density at radius 3 is 2.62 bits per heavy atom. The summed E-state index contributed by atoms with van der Waals surface area (Å²) in [7, 11) is 1.79. The van der Waals surface area contributed by atoms with Crippen LogP contribution in [-0.4, -0.2) is 34.3 Å². The van der Waals surface area contributed by atoms with Crippen molar-refractivity contribution in [2.45, 2.75) is 53.0 Å². The second-order valence-electron chi connectivity index (χ2n) is 7.35. The van der Waals surface area contributed by atoms with Crippen LogP contribution in [0.4, 0.5) is 0 Å². The molecule has 2 rings (SSSR count). The number of hydrogen-bond acceptors (Lipinski definition) is 3. The van der Waals surface area contributed by atoms with Crippen LogP contribution in [0.15, 0.2) is 41.7 Å². The van der Waals surface area contributed by atoms with E-state index in [0.717, 1.165) is 24.0 Å². The normalized spacial score (nSPS) is 12.2. The Bertz CT molecular complexity index is 675. The minimum Gasteiger partial charge on any atom is -0.356 e. The minimum absolute atomic E-state index is 0.247. The van der Waals surface area contributed by atoms with Gasteiger partial charge in [-0.15, -0.1) is 10.2 Å². The Morgan fingerprint density at radius 2 is 1.92 bits per heavy atom. The van der Waals surface area contributed by atoms with Gasteiger partial charge in [-0.1, -0.05) is 58.2 Å². The van der Waals surface area contributed by atoms with E-state index in [2.05, 4.69) is 46.6 Å². The third-order valence-electron chi connectivity index (χ3n) is 4.48. The summed E-state index contributed by atoms with van der Waals surface area (Å²) in [5.74, 6) is 1.64. The third-order valence-corrected chi connectivity index (χ3v) is 4.48. The minimum atomic E-state index is 0.247. The predicted octanol–water partition coefficient (Wildman–Crippen LogP) is 3.54. The second kappa shape index (κ2) is 9.94. The van der Waals surface area contributed by atoms with E-state index in [1.807, 2.05) is 34.9 Å². The van der Waals surface area contributed by atoms with Gasteiger partial charge in [0.2, 0.25) is 0 Å². The van der Waals surface area contributed by atoms with E-state index >= 15 is 0 Å². The number of nitrogens with zero attached hydrogens (tertiary/aromatic N) is 4. The SMILES string of the molecule is CCCCCC(C)(C)CNC(=NC)NCc1nncn1-c1ccccc1. The molecule has 0 atom stereocenters. The molecular weight excluding hydrogens is 324 g/mol. The van der Waals surface area contributed by atoms with Crippen molar-refractivity contribution in [1.29, 1.82) is 0 Å². The summed E-state index contributed by atoms with van der Waals surface area (Å²) in [5, 5.41) is 15.0. The summed E-state index contributed by atoms with van der Waals surface area (Å²) in [6.45, 7) is 8.29. The summed E-state index contributed by atoms with van der Waals surface area (Å²) >= 11 is 0. The fourth-order valence-corrected chi connectivity index (χ4v) is 2.83. The van der Waals surface area contributed by atoms with Crippen LogP contribution in [0.5, 0.6) is 0 Å². The molecule has 0 amide bonds. The highest BCUT2D eigenvalue weighted by Crippen LogP contribution is 2.22. The molecule has 26 heavy (non-hydrogen) atoms. The monoisotopic (exact) mass is 356 g/mol. The van der Waals surface area contributed by atoms with Crippen LogP contribution in [0.3, 0.4) is 0 Å². The molecule has 6 nitrogen and oxygen atoms in total. The smallest absolute Gasteiger partial charge is 0.191 e. The molecule has 6 heteroatoms. The van der Waals surface area contributed by atoms with Gasteiger partial charge < -0.3 is 10.6 Å². The Morgan fingerprint density at radius 1 is 1.15 bits per heavy atom. The summed E-state index contributed by atoms with van der Waals surface area (Å²) in [6, 6.07) is 10.1. The predicted molar refractivity (Wildman–Crippen MR) is 107 cm³/mol. The molecule has 2 aromatic rings. The molecule has 1 aromatic heterocycles. The fourth-order valence-electron chi connectivity index (χ4n) is 2.83. The summed E-state index contributed by atoms with van der Waals surface area (Å²) in [4.78, 5) is 4.33. The van der Waals surface area contributed by atoms with Crippen LogP contribution in [0.1, 0.15) is 52.3 Å². The molecule has 0 radical (unpaired) electrons. The standard InChI is InChI=1S/C20H32N6/c1-5-6-10-13-20(2,3)15-23-19(21-4)22-14-18-25-24-16-26(18)17-11-8-7-9-12-17/h7-9,11-12,16H,5-6,10,13-15H2,1-4H3,(H2,21,22,23). The van der Waals surface area contributed by atoms with Crippen molar-refractivity contribution in [3.05, 3.63) is 42.5 Å². The first-order valence-electron chi connectivity index (χ1n) is 9.44. The van der Waals surface area contributed by atoms with Crippen molar-refractivity contribution in [3.8, 4) is 5.69 Å². The Hall–Kier alpha value is -2.37. The van der Waals surface area contributed by atoms with Crippen molar-refractivity contribution in [1.82, 2.24) is 25.4 Å². The van der Waals surface area contributed by atoms with Crippen LogP contribution in [0.25, 0.3) is 5.69 Å². The lowest BCUT2D eigenvalue weighted by Gasteiger charge is -2.26. The maximum Gasteiger partial charge on any atom is 0.191 e. The van der Waals surface area contributed by atoms with E-state index in [9.17, 15) is 0 Å². The molecule has 0 fully saturated rings. The molecule has 0 unspecified atom stereocenters. The molecule has 142 valence electrons. The van der Waals surface area contributed by atoms with Gasteiger partial charge in [0.25, 0.3) is 0 Å². The van der Waals surface area contributed by atoms with Gasteiger partial charge in [-0.05, 0) is 24.0 Å². The molecule has 0 saturated heterocycles. The maximum absolute atomic E-state index is 4.33. The summed E-state index contributed by atoms with van der Waals surface area (Å²) in [5.41, 5.74) is 1.30. The zero-order chi connectivity index (χ0) is 18.8. The molecule has 1 heterocycles. The van der Waals surface area contributed by atoms with E-state index in [1.54, 1.807) is 13.4 Å². The molecule has 0 aliphatic heterocycles. The van der Waals surface area contributed by atoms with E-state index in [0.29, 0.717) is 6.54 Å². The fraction of sp³-hybridized carbons (Fsp3) is 0.550. The number of hydrogen-bond donors (Lipinski definition) is 2. The topological polar surface area (TPSA) is 67.1 Å².